The average Bonchev–Trinajstić information content (AvgIpc) is 3.10. The smallest absolute Gasteiger partial charge is 0.390 e. The van der Waals surface area contributed by atoms with Crippen LogP contribution in [0.3, 0.4) is 0 Å². The van der Waals surface area contributed by atoms with E-state index < -0.39 is 24.4 Å². The molecule has 1 aliphatic heterocycles. The molecule has 2 fully saturated rings. The lowest BCUT2D eigenvalue weighted by Gasteiger charge is -2.34. The minimum Gasteiger partial charge on any atom is -0.390 e. The predicted molar refractivity (Wildman–Crippen MR) is 86.4 cm³/mol. The van der Waals surface area contributed by atoms with Crippen LogP contribution in [-0.2, 0) is 6.42 Å². The molecule has 1 aromatic rings. The number of hydrogen-bond acceptors (Lipinski definition) is 3. The molecule has 1 aliphatic carbocycles. The van der Waals surface area contributed by atoms with E-state index in [2.05, 4.69) is 0 Å². The number of alkyl halides is 3. The normalized spacial score (nSPS) is 30.3. The molecule has 5 atom stereocenters. The highest BCUT2D eigenvalue weighted by Crippen LogP contribution is 2.46. The molecule has 1 saturated heterocycles. The number of nitrogens with two attached hydrogens (primary N) is 1. The number of benzene rings is 1. The lowest BCUT2D eigenvalue weighted by Crippen LogP contribution is -2.51. The zero-order chi connectivity index (χ0) is 17.3. The molecule has 0 spiro atoms. The van der Waals surface area contributed by atoms with Gasteiger partial charge < -0.3 is 10.8 Å². The minimum atomic E-state index is -4.24. The third-order valence-corrected chi connectivity index (χ3v) is 5.56. The van der Waals surface area contributed by atoms with Gasteiger partial charge in [0.25, 0.3) is 0 Å². The number of β-amino-alcohol motifs (C(OH)–C–C–N with tert-alkyl or cyclic N) is 1. The van der Waals surface area contributed by atoms with Crippen LogP contribution in [0.2, 0.25) is 0 Å². The van der Waals surface area contributed by atoms with E-state index in [1.54, 1.807) is 0 Å². The predicted octanol–water partition coefficient (Wildman–Crippen LogP) is 2.72. The second-order valence-corrected chi connectivity index (χ2v) is 7.17. The SMILES string of the molecule is NC(Cc1ccccc1)C(O)CN1C2CCCC2CC1C(F)(F)F. The standard InChI is InChI=1S/C18H25F3N2O/c19-18(20,21)17-10-13-7-4-8-15(13)23(17)11-16(24)14(22)9-12-5-2-1-3-6-12/h1-3,5-6,13-17,24H,4,7-11,22H2. The van der Waals surface area contributed by atoms with Crippen LogP contribution in [0, 0.1) is 5.92 Å². The van der Waals surface area contributed by atoms with Crippen LogP contribution >= 0.6 is 0 Å². The zero-order valence-corrected chi connectivity index (χ0v) is 13.6. The van der Waals surface area contributed by atoms with Crippen LogP contribution in [0.1, 0.15) is 31.2 Å². The molecule has 5 unspecified atom stereocenters. The summed E-state index contributed by atoms with van der Waals surface area (Å²) < 4.78 is 40.1. The molecule has 3 rings (SSSR count). The summed E-state index contributed by atoms with van der Waals surface area (Å²) in [5, 5.41) is 10.4. The fourth-order valence-corrected chi connectivity index (χ4v) is 4.34. The first-order valence-corrected chi connectivity index (χ1v) is 8.66. The summed E-state index contributed by atoms with van der Waals surface area (Å²) in [5.41, 5.74) is 7.04. The van der Waals surface area contributed by atoms with Crippen LogP contribution in [0.4, 0.5) is 13.2 Å². The van der Waals surface area contributed by atoms with E-state index in [-0.39, 0.29) is 24.9 Å². The van der Waals surface area contributed by atoms with Gasteiger partial charge in [0.05, 0.1) is 6.10 Å². The Bertz CT molecular complexity index is 537. The summed E-state index contributed by atoms with van der Waals surface area (Å²) in [6.45, 7) is -0.000651. The summed E-state index contributed by atoms with van der Waals surface area (Å²) in [5.74, 6) is 0.106. The quantitative estimate of drug-likeness (QED) is 0.865. The van der Waals surface area contributed by atoms with E-state index in [0.717, 1.165) is 24.8 Å². The maximum absolute atomic E-state index is 13.4. The summed E-state index contributed by atoms with van der Waals surface area (Å²) in [4.78, 5) is 1.48. The van der Waals surface area contributed by atoms with Gasteiger partial charge in [0, 0.05) is 18.6 Å². The zero-order valence-electron chi connectivity index (χ0n) is 13.6. The first-order valence-electron chi connectivity index (χ1n) is 8.66. The van der Waals surface area contributed by atoms with Crippen molar-refractivity contribution in [3.63, 3.8) is 0 Å². The fourth-order valence-electron chi connectivity index (χ4n) is 4.34. The summed E-state index contributed by atoms with van der Waals surface area (Å²) in [7, 11) is 0. The molecule has 6 heteroatoms. The molecule has 24 heavy (non-hydrogen) atoms. The molecule has 0 amide bonds. The van der Waals surface area contributed by atoms with Crippen molar-refractivity contribution >= 4 is 0 Å². The molecule has 0 radical (unpaired) electrons. The number of aliphatic hydroxyl groups is 1. The van der Waals surface area contributed by atoms with Crippen molar-refractivity contribution in [2.24, 2.45) is 11.7 Å². The number of hydrogen-bond donors (Lipinski definition) is 2. The maximum atomic E-state index is 13.4. The van der Waals surface area contributed by atoms with Gasteiger partial charge in [-0.2, -0.15) is 13.2 Å². The highest BCUT2D eigenvalue weighted by Gasteiger charge is 2.54. The topological polar surface area (TPSA) is 49.5 Å². The first kappa shape index (κ1) is 17.7. The molecule has 134 valence electrons. The summed E-state index contributed by atoms with van der Waals surface area (Å²) in [6.07, 6.45) is -1.96. The van der Waals surface area contributed by atoms with Crippen molar-refractivity contribution in [3.05, 3.63) is 35.9 Å². The number of aliphatic hydroxyl groups excluding tert-OH is 1. The van der Waals surface area contributed by atoms with E-state index in [1.165, 1.54) is 4.90 Å². The molecule has 2 aliphatic rings. The van der Waals surface area contributed by atoms with Crippen molar-refractivity contribution < 1.29 is 18.3 Å². The molecule has 1 heterocycles. The minimum absolute atomic E-state index is 0.000651. The number of fused-ring (bicyclic) bond motifs is 1. The lowest BCUT2D eigenvalue weighted by molar-refractivity contribution is -0.182. The Morgan fingerprint density at radius 3 is 2.58 bits per heavy atom. The van der Waals surface area contributed by atoms with E-state index in [9.17, 15) is 18.3 Å². The Labute approximate surface area is 140 Å². The van der Waals surface area contributed by atoms with Crippen LogP contribution in [-0.4, -0.2) is 47.0 Å². The number of rotatable bonds is 5. The summed E-state index contributed by atoms with van der Waals surface area (Å²) in [6, 6.07) is 7.42. The van der Waals surface area contributed by atoms with Gasteiger partial charge >= 0.3 is 6.18 Å². The molecule has 1 aromatic carbocycles. The van der Waals surface area contributed by atoms with E-state index >= 15 is 0 Å². The second kappa shape index (κ2) is 7.02. The molecular weight excluding hydrogens is 317 g/mol. The highest BCUT2D eigenvalue weighted by atomic mass is 19.4. The third kappa shape index (κ3) is 3.76. The Morgan fingerprint density at radius 2 is 1.92 bits per heavy atom. The molecule has 0 aromatic heterocycles. The third-order valence-electron chi connectivity index (χ3n) is 5.56. The van der Waals surface area contributed by atoms with Gasteiger partial charge in [-0.15, -0.1) is 0 Å². The largest absolute Gasteiger partial charge is 0.404 e. The molecule has 3 nitrogen and oxygen atoms in total. The van der Waals surface area contributed by atoms with Gasteiger partial charge in [0.2, 0.25) is 0 Å². The Hall–Kier alpha value is -1.11. The van der Waals surface area contributed by atoms with E-state index in [4.69, 9.17) is 5.73 Å². The van der Waals surface area contributed by atoms with Crippen LogP contribution in [0.25, 0.3) is 0 Å². The van der Waals surface area contributed by atoms with Crippen LogP contribution in [0.5, 0.6) is 0 Å². The fraction of sp³-hybridized carbons (Fsp3) is 0.667. The van der Waals surface area contributed by atoms with Crippen LogP contribution < -0.4 is 5.73 Å². The maximum Gasteiger partial charge on any atom is 0.404 e. The number of likely N-dealkylation sites (tertiary alicyclic amines) is 1. The molecule has 0 bridgehead atoms. The van der Waals surface area contributed by atoms with Crippen molar-refractivity contribution in [2.45, 2.75) is 62.5 Å². The van der Waals surface area contributed by atoms with Gasteiger partial charge in [-0.3, -0.25) is 4.90 Å². The van der Waals surface area contributed by atoms with Crippen LogP contribution in [0.15, 0.2) is 30.3 Å². The van der Waals surface area contributed by atoms with Gasteiger partial charge in [-0.05, 0) is 37.2 Å². The first-order chi connectivity index (χ1) is 11.4. The Kier molecular flexibility index (Phi) is 5.18. The van der Waals surface area contributed by atoms with Gasteiger partial charge in [0.15, 0.2) is 0 Å². The van der Waals surface area contributed by atoms with Gasteiger partial charge in [0.1, 0.15) is 6.04 Å². The monoisotopic (exact) mass is 342 g/mol. The van der Waals surface area contributed by atoms with Crippen molar-refractivity contribution in [3.8, 4) is 0 Å². The Morgan fingerprint density at radius 1 is 1.21 bits per heavy atom. The van der Waals surface area contributed by atoms with E-state index in [0.29, 0.717) is 6.42 Å². The van der Waals surface area contributed by atoms with Gasteiger partial charge in [-0.25, -0.2) is 0 Å². The number of nitrogens with zero attached hydrogens (tertiary/aromatic N) is 1. The molecule has 1 saturated carbocycles. The van der Waals surface area contributed by atoms with Crippen molar-refractivity contribution in [1.29, 1.82) is 0 Å². The highest BCUT2D eigenvalue weighted by molar-refractivity contribution is 5.16. The molecule has 3 N–H and O–H groups in total. The Balaban J connectivity index is 1.65. The van der Waals surface area contributed by atoms with Crippen molar-refractivity contribution in [1.82, 2.24) is 4.90 Å². The second-order valence-electron chi connectivity index (χ2n) is 7.17. The lowest BCUT2D eigenvalue weighted by atomic mass is 10.0. The average molecular weight is 342 g/mol. The van der Waals surface area contributed by atoms with Gasteiger partial charge in [-0.1, -0.05) is 36.8 Å². The summed E-state index contributed by atoms with van der Waals surface area (Å²) >= 11 is 0. The van der Waals surface area contributed by atoms with Crippen molar-refractivity contribution in [2.75, 3.05) is 6.54 Å². The number of halogens is 3. The van der Waals surface area contributed by atoms with E-state index in [1.807, 2.05) is 30.3 Å². The molecular formula is C18H25F3N2O.